The van der Waals surface area contributed by atoms with Crippen molar-refractivity contribution in [3.05, 3.63) is 0 Å². The van der Waals surface area contributed by atoms with Gasteiger partial charge in [-0.2, -0.15) is 0 Å². The third-order valence-corrected chi connectivity index (χ3v) is 3.69. The van der Waals surface area contributed by atoms with Crippen LogP contribution in [0.3, 0.4) is 0 Å². The van der Waals surface area contributed by atoms with Gasteiger partial charge in [0.1, 0.15) is 0 Å². The van der Waals surface area contributed by atoms with Gasteiger partial charge in [-0.3, -0.25) is 0 Å². The van der Waals surface area contributed by atoms with Crippen LogP contribution in [0, 0.1) is 17.3 Å². The summed E-state index contributed by atoms with van der Waals surface area (Å²) in [6.07, 6.45) is 0.983. The van der Waals surface area contributed by atoms with Gasteiger partial charge in [-0.25, -0.2) is 0 Å². The summed E-state index contributed by atoms with van der Waals surface area (Å²) in [5.41, 5.74) is 0.344. The Balaban J connectivity index is 4.27. The summed E-state index contributed by atoms with van der Waals surface area (Å²) < 4.78 is 0. The molecule has 0 fully saturated rings. The average molecular weight is 172 g/mol. The average Bonchev–Trinajstić information content (AvgIpc) is 2.01. The van der Waals surface area contributed by atoms with Gasteiger partial charge in [-0.1, -0.05) is 41.0 Å². The van der Waals surface area contributed by atoms with Crippen LogP contribution in [-0.2, 0) is 0 Å². The molecule has 0 spiro atoms. The molecule has 12 heavy (non-hydrogen) atoms. The SMILES string of the molecule is CCC(C)(C)C(C)C(C)C(C)O. The molecule has 0 saturated heterocycles. The number of hydrogen-bond donors (Lipinski definition) is 1. The maximum absolute atomic E-state index is 9.45. The molecule has 3 unspecified atom stereocenters. The summed E-state index contributed by atoms with van der Waals surface area (Å²) in [5.74, 6) is 0.961. The van der Waals surface area contributed by atoms with Crippen molar-refractivity contribution in [2.45, 2.75) is 54.1 Å². The summed E-state index contributed by atoms with van der Waals surface area (Å²) in [6, 6.07) is 0. The normalized spacial score (nSPS) is 20.2. The summed E-state index contributed by atoms with van der Waals surface area (Å²) in [5, 5.41) is 9.45. The van der Waals surface area contributed by atoms with Crippen molar-refractivity contribution in [2.24, 2.45) is 17.3 Å². The molecule has 0 heterocycles. The van der Waals surface area contributed by atoms with Gasteiger partial charge in [-0.05, 0) is 24.2 Å². The lowest BCUT2D eigenvalue weighted by molar-refractivity contribution is 0.0514. The third-order valence-electron chi connectivity index (χ3n) is 3.69. The largest absolute Gasteiger partial charge is 0.393 e. The first kappa shape index (κ1) is 12.0. The highest BCUT2D eigenvalue weighted by Gasteiger charge is 2.30. The number of aliphatic hydroxyl groups is 1. The summed E-state index contributed by atoms with van der Waals surface area (Å²) in [7, 11) is 0. The van der Waals surface area contributed by atoms with Crippen LogP contribution < -0.4 is 0 Å². The van der Waals surface area contributed by atoms with Crippen molar-refractivity contribution in [1.29, 1.82) is 0 Å². The molecule has 0 aliphatic carbocycles. The Bertz CT molecular complexity index is 127. The van der Waals surface area contributed by atoms with Gasteiger partial charge in [0, 0.05) is 0 Å². The molecule has 3 atom stereocenters. The molecule has 74 valence electrons. The van der Waals surface area contributed by atoms with Crippen LogP contribution in [0.25, 0.3) is 0 Å². The molecule has 0 rings (SSSR count). The maximum Gasteiger partial charge on any atom is 0.0540 e. The van der Waals surface area contributed by atoms with Crippen molar-refractivity contribution in [3.8, 4) is 0 Å². The lowest BCUT2D eigenvalue weighted by Crippen LogP contribution is -2.31. The Hall–Kier alpha value is -0.0400. The second-order valence-electron chi connectivity index (χ2n) is 4.73. The van der Waals surface area contributed by atoms with E-state index in [1.165, 1.54) is 6.42 Å². The van der Waals surface area contributed by atoms with Crippen molar-refractivity contribution >= 4 is 0 Å². The van der Waals surface area contributed by atoms with Crippen molar-refractivity contribution in [3.63, 3.8) is 0 Å². The van der Waals surface area contributed by atoms with Crippen LogP contribution >= 0.6 is 0 Å². The van der Waals surface area contributed by atoms with Gasteiger partial charge in [-0.15, -0.1) is 0 Å². The first-order valence-electron chi connectivity index (χ1n) is 5.01. The molecule has 0 aromatic carbocycles. The molecule has 1 N–H and O–H groups in total. The highest BCUT2D eigenvalue weighted by Crippen LogP contribution is 2.36. The zero-order chi connectivity index (χ0) is 9.94. The molecule has 0 aliphatic heterocycles. The van der Waals surface area contributed by atoms with E-state index in [4.69, 9.17) is 0 Å². The van der Waals surface area contributed by atoms with E-state index in [1.807, 2.05) is 6.92 Å². The van der Waals surface area contributed by atoms with Gasteiger partial charge in [0.2, 0.25) is 0 Å². The van der Waals surface area contributed by atoms with Crippen LogP contribution in [0.1, 0.15) is 48.0 Å². The van der Waals surface area contributed by atoms with Crippen LogP contribution in [0.4, 0.5) is 0 Å². The Morgan fingerprint density at radius 2 is 1.58 bits per heavy atom. The Morgan fingerprint density at radius 1 is 1.17 bits per heavy atom. The van der Waals surface area contributed by atoms with Crippen LogP contribution in [0.2, 0.25) is 0 Å². The van der Waals surface area contributed by atoms with Crippen molar-refractivity contribution in [1.82, 2.24) is 0 Å². The fraction of sp³-hybridized carbons (Fsp3) is 1.00. The first-order chi connectivity index (χ1) is 5.33. The van der Waals surface area contributed by atoms with E-state index in [0.717, 1.165) is 0 Å². The summed E-state index contributed by atoms with van der Waals surface area (Å²) in [4.78, 5) is 0. The standard InChI is InChI=1S/C11H24O/c1-7-11(5,6)9(3)8(2)10(4)12/h8-10,12H,7H2,1-6H3. The Morgan fingerprint density at radius 3 is 1.83 bits per heavy atom. The summed E-state index contributed by atoms with van der Waals surface area (Å²) >= 11 is 0. The lowest BCUT2D eigenvalue weighted by Gasteiger charge is -2.36. The topological polar surface area (TPSA) is 20.2 Å². The number of rotatable bonds is 4. The van der Waals surface area contributed by atoms with Crippen LogP contribution in [-0.4, -0.2) is 11.2 Å². The molecule has 0 radical (unpaired) electrons. The second kappa shape index (κ2) is 4.27. The van der Waals surface area contributed by atoms with E-state index in [2.05, 4.69) is 34.6 Å². The maximum atomic E-state index is 9.45. The van der Waals surface area contributed by atoms with Crippen molar-refractivity contribution in [2.75, 3.05) is 0 Å². The molecular weight excluding hydrogens is 148 g/mol. The highest BCUT2D eigenvalue weighted by atomic mass is 16.3. The van der Waals surface area contributed by atoms with Gasteiger partial charge in [0.25, 0.3) is 0 Å². The van der Waals surface area contributed by atoms with Crippen molar-refractivity contribution < 1.29 is 5.11 Å². The highest BCUT2D eigenvalue weighted by molar-refractivity contribution is 4.79. The lowest BCUT2D eigenvalue weighted by atomic mass is 9.70. The minimum Gasteiger partial charge on any atom is -0.393 e. The smallest absolute Gasteiger partial charge is 0.0540 e. The second-order valence-corrected chi connectivity index (χ2v) is 4.73. The zero-order valence-corrected chi connectivity index (χ0v) is 9.39. The van der Waals surface area contributed by atoms with E-state index >= 15 is 0 Å². The molecule has 0 bridgehead atoms. The fourth-order valence-corrected chi connectivity index (χ4v) is 1.45. The van der Waals surface area contributed by atoms with E-state index in [9.17, 15) is 5.11 Å². The Labute approximate surface area is 77.2 Å². The predicted molar refractivity (Wildman–Crippen MR) is 54.1 cm³/mol. The summed E-state index contributed by atoms with van der Waals surface area (Å²) in [6.45, 7) is 13.0. The third kappa shape index (κ3) is 2.78. The quantitative estimate of drug-likeness (QED) is 0.691. The van der Waals surface area contributed by atoms with Gasteiger partial charge in [0.05, 0.1) is 6.10 Å². The first-order valence-corrected chi connectivity index (χ1v) is 5.01. The minimum atomic E-state index is -0.189. The van der Waals surface area contributed by atoms with E-state index in [-0.39, 0.29) is 6.10 Å². The van der Waals surface area contributed by atoms with Gasteiger partial charge in [0.15, 0.2) is 0 Å². The molecule has 0 amide bonds. The minimum absolute atomic E-state index is 0.189. The van der Waals surface area contributed by atoms with Crippen LogP contribution in [0.15, 0.2) is 0 Å². The molecule has 1 nitrogen and oxygen atoms in total. The van der Waals surface area contributed by atoms with E-state index in [0.29, 0.717) is 17.3 Å². The molecular formula is C11H24O. The zero-order valence-electron chi connectivity index (χ0n) is 9.39. The monoisotopic (exact) mass is 172 g/mol. The predicted octanol–water partition coefficient (Wildman–Crippen LogP) is 3.08. The van der Waals surface area contributed by atoms with E-state index < -0.39 is 0 Å². The molecule has 1 heteroatoms. The molecule has 0 aromatic rings. The Kier molecular flexibility index (Phi) is 4.25. The molecule has 0 aliphatic rings. The van der Waals surface area contributed by atoms with Gasteiger partial charge < -0.3 is 5.11 Å². The number of aliphatic hydroxyl groups excluding tert-OH is 1. The van der Waals surface area contributed by atoms with Gasteiger partial charge >= 0.3 is 0 Å². The molecule has 0 aromatic heterocycles. The van der Waals surface area contributed by atoms with Crippen LogP contribution in [0.5, 0.6) is 0 Å². The molecule has 0 saturated carbocycles. The van der Waals surface area contributed by atoms with E-state index in [1.54, 1.807) is 0 Å². The number of hydrogen-bond acceptors (Lipinski definition) is 1. The fourth-order valence-electron chi connectivity index (χ4n) is 1.45.